The first kappa shape index (κ1) is 17.8. The third-order valence-corrected chi connectivity index (χ3v) is 4.97. The minimum absolute atomic E-state index is 0.395. The fourth-order valence-corrected chi connectivity index (χ4v) is 2.67. The van der Waals surface area contributed by atoms with Gasteiger partial charge in [0.15, 0.2) is 0 Å². The van der Waals surface area contributed by atoms with Crippen molar-refractivity contribution in [3.8, 4) is 11.5 Å². The van der Waals surface area contributed by atoms with E-state index in [2.05, 4.69) is 0 Å². The summed E-state index contributed by atoms with van der Waals surface area (Å²) in [6, 6.07) is 15.8. The minimum atomic E-state index is -0.471. The van der Waals surface area contributed by atoms with Gasteiger partial charge in [0.25, 0.3) is 0 Å². The van der Waals surface area contributed by atoms with E-state index in [9.17, 15) is 0 Å². The van der Waals surface area contributed by atoms with Crippen LogP contribution in [0.4, 0.5) is 0 Å². The van der Waals surface area contributed by atoms with Gasteiger partial charge in [-0.15, -0.1) is 0 Å². The number of rotatable bonds is 5. The molecule has 0 bridgehead atoms. The lowest BCUT2D eigenvalue weighted by molar-refractivity contribution is 0.00578. The van der Waals surface area contributed by atoms with E-state index in [-0.39, 0.29) is 0 Å². The number of methoxy groups -OCH3 is 1. The summed E-state index contributed by atoms with van der Waals surface area (Å²) in [4.78, 5) is 0. The minimum Gasteiger partial charge on any atom is -0.497 e. The second-order valence-corrected chi connectivity index (χ2v) is 7.27. The molecule has 25 heavy (non-hydrogen) atoms. The van der Waals surface area contributed by atoms with Gasteiger partial charge in [-0.25, -0.2) is 0 Å². The van der Waals surface area contributed by atoms with Crippen molar-refractivity contribution in [2.45, 2.75) is 45.5 Å². The highest BCUT2D eigenvalue weighted by Crippen LogP contribution is 2.37. The molecule has 0 aliphatic carbocycles. The van der Waals surface area contributed by atoms with Crippen molar-refractivity contribution in [3.63, 3.8) is 0 Å². The quantitative estimate of drug-likeness (QED) is 0.780. The number of ether oxygens (including phenoxy) is 2. The average molecular weight is 340 g/mol. The van der Waals surface area contributed by atoms with E-state index in [0.717, 1.165) is 16.8 Å². The van der Waals surface area contributed by atoms with Crippen molar-refractivity contribution in [3.05, 3.63) is 54.1 Å². The molecular formula is C20H25BO4. The molecule has 0 unspecified atom stereocenters. The number of benzene rings is 2. The molecule has 132 valence electrons. The van der Waals surface area contributed by atoms with Gasteiger partial charge in [0.05, 0.1) is 18.3 Å². The molecule has 5 heteroatoms. The zero-order valence-electron chi connectivity index (χ0n) is 15.5. The maximum atomic E-state index is 6.17. The summed E-state index contributed by atoms with van der Waals surface area (Å²) < 4.78 is 23.8. The molecule has 0 N–H and O–H groups in total. The van der Waals surface area contributed by atoms with Gasteiger partial charge in [0.1, 0.15) is 18.1 Å². The van der Waals surface area contributed by atoms with E-state index in [1.807, 2.05) is 76.2 Å². The fourth-order valence-electron chi connectivity index (χ4n) is 2.67. The lowest BCUT2D eigenvalue weighted by Gasteiger charge is -2.32. The Labute approximate surface area is 150 Å². The van der Waals surface area contributed by atoms with Crippen LogP contribution in [0.1, 0.15) is 33.3 Å². The molecule has 0 spiro atoms. The largest absolute Gasteiger partial charge is 0.498 e. The van der Waals surface area contributed by atoms with E-state index in [4.69, 9.17) is 18.8 Å². The lowest BCUT2D eigenvalue weighted by atomic mass is 9.78. The van der Waals surface area contributed by atoms with Crippen molar-refractivity contribution < 1.29 is 18.8 Å². The van der Waals surface area contributed by atoms with Gasteiger partial charge in [-0.05, 0) is 39.3 Å². The van der Waals surface area contributed by atoms with Gasteiger partial charge in [0.2, 0.25) is 0 Å². The van der Waals surface area contributed by atoms with Gasteiger partial charge >= 0.3 is 7.12 Å². The maximum absolute atomic E-state index is 6.17. The van der Waals surface area contributed by atoms with Crippen LogP contribution < -0.4 is 14.9 Å². The first-order chi connectivity index (χ1) is 11.8. The molecule has 0 atom stereocenters. The molecule has 2 aromatic carbocycles. The van der Waals surface area contributed by atoms with Crippen LogP contribution in [0.3, 0.4) is 0 Å². The van der Waals surface area contributed by atoms with Gasteiger partial charge in [-0.2, -0.15) is 0 Å². The smallest absolute Gasteiger partial charge is 0.497 e. The third kappa shape index (κ3) is 3.67. The molecular weight excluding hydrogens is 315 g/mol. The van der Waals surface area contributed by atoms with Gasteiger partial charge in [-0.1, -0.05) is 36.4 Å². The summed E-state index contributed by atoms with van der Waals surface area (Å²) in [5, 5.41) is 0. The summed E-state index contributed by atoms with van der Waals surface area (Å²) >= 11 is 0. The molecule has 0 radical (unpaired) electrons. The highest BCUT2D eigenvalue weighted by molar-refractivity contribution is 6.63. The summed E-state index contributed by atoms with van der Waals surface area (Å²) in [5.74, 6) is 1.45. The van der Waals surface area contributed by atoms with Crippen LogP contribution in [0.2, 0.25) is 0 Å². The monoisotopic (exact) mass is 340 g/mol. The average Bonchev–Trinajstić information content (AvgIpc) is 2.81. The van der Waals surface area contributed by atoms with Crippen LogP contribution in [0, 0.1) is 0 Å². The Morgan fingerprint density at radius 2 is 1.56 bits per heavy atom. The van der Waals surface area contributed by atoms with E-state index in [1.165, 1.54) is 0 Å². The van der Waals surface area contributed by atoms with Crippen molar-refractivity contribution in [1.29, 1.82) is 0 Å². The molecule has 0 aromatic heterocycles. The molecule has 0 amide bonds. The first-order valence-electron chi connectivity index (χ1n) is 8.53. The van der Waals surface area contributed by atoms with Crippen LogP contribution in [-0.2, 0) is 15.9 Å². The maximum Gasteiger partial charge on any atom is 0.498 e. The number of hydrogen-bond donors (Lipinski definition) is 0. The van der Waals surface area contributed by atoms with Gasteiger partial charge in [-0.3, -0.25) is 0 Å². The molecule has 1 fully saturated rings. The summed E-state index contributed by atoms with van der Waals surface area (Å²) in [5.41, 5.74) is 1.18. The van der Waals surface area contributed by atoms with E-state index < -0.39 is 18.3 Å². The standard InChI is InChI=1S/C20H25BO4/c1-19(2)20(3,4)25-21(24-19)17-12-11-16(22-5)13-18(17)23-14-15-9-7-6-8-10-15/h6-13H,14H2,1-5H3. The summed E-state index contributed by atoms with van der Waals surface area (Å²) in [7, 11) is 1.17. The molecule has 0 saturated carbocycles. The Morgan fingerprint density at radius 3 is 2.16 bits per heavy atom. The van der Waals surface area contributed by atoms with Crippen LogP contribution in [0.15, 0.2) is 48.5 Å². The Morgan fingerprint density at radius 1 is 0.920 bits per heavy atom. The van der Waals surface area contributed by atoms with E-state index in [0.29, 0.717) is 12.4 Å². The van der Waals surface area contributed by atoms with Crippen LogP contribution in [0.5, 0.6) is 11.5 Å². The Bertz CT molecular complexity index is 712. The zero-order chi connectivity index (χ0) is 18.1. The van der Waals surface area contributed by atoms with Crippen LogP contribution >= 0.6 is 0 Å². The molecule has 1 aliphatic heterocycles. The SMILES string of the molecule is COc1ccc(B2OC(C)(C)C(C)(C)O2)c(OCc2ccccc2)c1. The molecule has 2 aromatic rings. The van der Waals surface area contributed by atoms with E-state index in [1.54, 1.807) is 7.11 Å². The molecule has 3 rings (SSSR count). The third-order valence-electron chi connectivity index (χ3n) is 4.97. The predicted molar refractivity (Wildman–Crippen MR) is 99.5 cm³/mol. The fraction of sp³-hybridized carbons (Fsp3) is 0.400. The number of hydrogen-bond acceptors (Lipinski definition) is 4. The first-order valence-corrected chi connectivity index (χ1v) is 8.53. The molecule has 4 nitrogen and oxygen atoms in total. The second kappa shape index (κ2) is 6.73. The van der Waals surface area contributed by atoms with Crippen molar-refractivity contribution in [1.82, 2.24) is 0 Å². The highest BCUT2D eigenvalue weighted by Gasteiger charge is 2.52. The Balaban J connectivity index is 1.86. The highest BCUT2D eigenvalue weighted by atomic mass is 16.7. The lowest BCUT2D eigenvalue weighted by Crippen LogP contribution is -2.41. The van der Waals surface area contributed by atoms with Gasteiger partial charge in [0, 0.05) is 11.5 Å². The summed E-state index contributed by atoms with van der Waals surface area (Å²) in [6.45, 7) is 8.64. The molecule has 1 heterocycles. The van der Waals surface area contributed by atoms with Gasteiger partial charge < -0.3 is 18.8 Å². The molecule has 1 saturated heterocycles. The van der Waals surface area contributed by atoms with Crippen LogP contribution in [-0.4, -0.2) is 25.4 Å². The zero-order valence-corrected chi connectivity index (χ0v) is 15.5. The topological polar surface area (TPSA) is 36.9 Å². The Hall–Kier alpha value is -1.98. The Kier molecular flexibility index (Phi) is 4.80. The van der Waals surface area contributed by atoms with E-state index >= 15 is 0 Å². The normalized spacial score (nSPS) is 18.2. The summed E-state index contributed by atoms with van der Waals surface area (Å²) in [6.07, 6.45) is 0. The predicted octanol–water partition coefficient (Wildman–Crippen LogP) is 3.57. The van der Waals surface area contributed by atoms with Crippen LogP contribution in [0.25, 0.3) is 0 Å². The molecule has 1 aliphatic rings. The van der Waals surface area contributed by atoms with Crippen molar-refractivity contribution >= 4 is 12.6 Å². The second-order valence-electron chi connectivity index (χ2n) is 7.27. The van der Waals surface area contributed by atoms with Crippen molar-refractivity contribution in [2.24, 2.45) is 0 Å². The van der Waals surface area contributed by atoms with Crippen molar-refractivity contribution in [2.75, 3.05) is 7.11 Å².